The van der Waals surface area contributed by atoms with E-state index in [1.54, 1.807) is 7.11 Å². The predicted octanol–water partition coefficient (Wildman–Crippen LogP) is 2.79. The molecule has 0 aliphatic rings. The Bertz CT molecular complexity index is 938. The molecule has 3 rings (SSSR count). The first-order chi connectivity index (χ1) is 12.0. The maximum atomic E-state index is 12.3. The number of nitrogens with one attached hydrogen (secondary N) is 1. The van der Waals surface area contributed by atoms with Gasteiger partial charge in [0, 0.05) is 11.4 Å². The van der Waals surface area contributed by atoms with E-state index >= 15 is 0 Å². The summed E-state index contributed by atoms with van der Waals surface area (Å²) in [6.07, 6.45) is 0. The van der Waals surface area contributed by atoms with Gasteiger partial charge in [-0.3, -0.25) is 9.20 Å². The Kier molecular flexibility index (Phi) is 4.89. The fourth-order valence-corrected chi connectivity index (χ4v) is 3.32. The van der Waals surface area contributed by atoms with Crippen molar-refractivity contribution in [2.24, 2.45) is 0 Å². The largest absolute Gasteiger partial charge is 0.495 e. The molecule has 0 radical (unpaired) electrons. The third-order valence-corrected chi connectivity index (χ3v) is 4.55. The van der Waals surface area contributed by atoms with Gasteiger partial charge in [0.05, 0.1) is 18.6 Å². The third kappa shape index (κ3) is 3.74. The molecule has 0 fully saturated rings. The molecular formula is C17H19N5O2S. The topological polar surface area (TPSA) is 81.4 Å². The summed E-state index contributed by atoms with van der Waals surface area (Å²) in [6, 6.07) is 7.60. The van der Waals surface area contributed by atoms with Crippen molar-refractivity contribution in [2.75, 3.05) is 18.2 Å². The van der Waals surface area contributed by atoms with Crippen molar-refractivity contribution in [1.29, 1.82) is 0 Å². The number of carbonyl (C=O) groups is 1. The van der Waals surface area contributed by atoms with Crippen LogP contribution in [0.5, 0.6) is 5.75 Å². The van der Waals surface area contributed by atoms with Gasteiger partial charge in [0.25, 0.3) is 5.78 Å². The molecule has 2 aromatic heterocycles. The van der Waals surface area contributed by atoms with E-state index in [0.29, 0.717) is 22.4 Å². The number of thioether (sulfide) groups is 1. The number of aryl methyl sites for hydroxylation is 3. The molecule has 0 saturated carbocycles. The number of carbonyl (C=O) groups excluding carboxylic acids is 1. The van der Waals surface area contributed by atoms with Gasteiger partial charge in [0.2, 0.25) is 5.91 Å². The molecular weight excluding hydrogens is 338 g/mol. The zero-order valence-corrected chi connectivity index (χ0v) is 15.3. The smallest absolute Gasteiger partial charge is 0.256 e. The predicted molar refractivity (Wildman–Crippen MR) is 97.3 cm³/mol. The minimum absolute atomic E-state index is 0.136. The highest BCUT2D eigenvalue weighted by Gasteiger charge is 2.13. The fourth-order valence-electron chi connectivity index (χ4n) is 2.53. The van der Waals surface area contributed by atoms with Crippen molar-refractivity contribution in [3.8, 4) is 5.75 Å². The Morgan fingerprint density at radius 2 is 2.04 bits per heavy atom. The Balaban J connectivity index is 1.72. The Morgan fingerprint density at radius 1 is 1.24 bits per heavy atom. The molecule has 0 aliphatic heterocycles. The fraction of sp³-hybridized carbons (Fsp3) is 0.294. The number of benzene rings is 1. The number of methoxy groups -OCH3 is 1. The van der Waals surface area contributed by atoms with Crippen LogP contribution >= 0.6 is 11.8 Å². The number of fused-ring (bicyclic) bond motifs is 1. The van der Waals surface area contributed by atoms with Gasteiger partial charge >= 0.3 is 0 Å². The van der Waals surface area contributed by atoms with E-state index < -0.39 is 0 Å². The van der Waals surface area contributed by atoms with Crippen LogP contribution < -0.4 is 10.1 Å². The van der Waals surface area contributed by atoms with Gasteiger partial charge in [-0.25, -0.2) is 4.98 Å². The number of aromatic nitrogens is 4. The third-order valence-electron chi connectivity index (χ3n) is 3.62. The van der Waals surface area contributed by atoms with Crippen molar-refractivity contribution in [2.45, 2.75) is 25.9 Å². The zero-order chi connectivity index (χ0) is 18.0. The Labute approximate surface area is 149 Å². The number of rotatable bonds is 5. The summed E-state index contributed by atoms with van der Waals surface area (Å²) in [6.45, 7) is 5.84. The van der Waals surface area contributed by atoms with Gasteiger partial charge in [-0.05, 0) is 44.5 Å². The molecule has 25 heavy (non-hydrogen) atoms. The molecule has 1 amide bonds. The second-order valence-electron chi connectivity index (χ2n) is 5.70. The van der Waals surface area contributed by atoms with Gasteiger partial charge in [0.15, 0.2) is 5.16 Å². The minimum Gasteiger partial charge on any atom is -0.495 e. The second-order valence-corrected chi connectivity index (χ2v) is 6.64. The lowest BCUT2D eigenvalue weighted by Gasteiger charge is -2.10. The number of amides is 1. The maximum absolute atomic E-state index is 12.3. The van der Waals surface area contributed by atoms with Crippen LogP contribution in [0.25, 0.3) is 5.78 Å². The summed E-state index contributed by atoms with van der Waals surface area (Å²) in [5, 5.41) is 11.7. The summed E-state index contributed by atoms with van der Waals surface area (Å²) in [4.78, 5) is 16.6. The molecule has 0 unspecified atom stereocenters. The average molecular weight is 357 g/mol. The first-order valence-corrected chi connectivity index (χ1v) is 8.73. The van der Waals surface area contributed by atoms with Crippen LogP contribution in [-0.4, -0.2) is 38.4 Å². The van der Waals surface area contributed by atoms with Crippen LogP contribution in [0.15, 0.2) is 29.4 Å². The molecule has 1 N–H and O–H groups in total. The summed E-state index contributed by atoms with van der Waals surface area (Å²) in [5.74, 6) is 1.25. The van der Waals surface area contributed by atoms with Crippen molar-refractivity contribution in [1.82, 2.24) is 19.6 Å². The maximum Gasteiger partial charge on any atom is 0.256 e. The molecule has 0 spiro atoms. The monoisotopic (exact) mass is 357 g/mol. The Morgan fingerprint density at radius 3 is 2.80 bits per heavy atom. The lowest BCUT2D eigenvalue weighted by molar-refractivity contribution is -0.113. The first kappa shape index (κ1) is 17.2. The van der Waals surface area contributed by atoms with Gasteiger partial charge in [-0.1, -0.05) is 17.8 Å². The number of anilines is 1. The van der Waals surface area contributed by atoms with Crippen molar-refractivity contribution < 1.29 is 9.53 Å². The van der Waals surface area contributed by atoms with Gasteiger partial charge < -0.3 is 10.1 Å². The van der Waals surface area contributed by atoms with E-state index in [4.69, 9.17) is 4.74 Å². The van der Waals surface area contributed by atoms with Crippen molar-refractivity contribution in [3.05, 3.63) is 41.2 Å². The van der Waals surface area contributed by atoms with Gasteiger partial charge in [0.1, 0.15) is 5.75 Å². The van der Waals surface area contributed by atoms with E-state index in [-0.39, 0.29) is 11.7 Å². The number of nitrogens with zero attached hydrogens (tertiary/aromatic N) is 4. The average Bonchev–Trinajstić information content (AvgIpc) is 2.96. The highest BCUT2D eigenvalue weighted by Crippen LogP contribution is 2.26. The normalized spacial score (nSPS) is 10.9. The summed E-state index contributed by atoms with van der Waals surface area (Å²) < 4.78 is 7.13. The van der Waals surface area contributed by atoms with E-state index in [0.717, 1.165) is 17.0 Å². The van der Waals surface area contributed by atoms with Crippen molar-refractivity contribution >= 4 is 29.1 Å². The van der Waals surface area contributed by atoms with E-state index in [9.17, 15) is 4.79 Å². The number of hydrogen-bond donors (Lipinski definition) is 1. The van der Waals surface area contributed by atoms with Crippen LogP contribution in [0.1, 0.15) is 17.0 Å². The SMILES string of the molecule is COc1ccc(C)cc1NC(=O)CSc1nnc2nc(C)cc(C)n12. The lowest BCUT2D eigenvalue weighted by atomic mass is 10.2. The molecule has 2 heterocycles. The second kappa shape index (κ2) is 7.10. The van der Waals surface area contributed by atoms with Crippen molar-refractivity contribution in [3.63, 3.8) is 0 Å². The molecule has 8 heteroatoms. The van der Waals surface area contributed by atoms with Crippen LogP contribution in [0.3, 0.4) is 0 Å². The van der Waals surface area contributed by atoms with Crippen LogP contribution in [0.2, 0.25) is 0 Å². The molecule has 7 nitrogen and oxygen atoms in total. The van der Waals surface area contributed by atoms with Crippen LogP contribution in [0.4, 0.5) is 5.69 Å². The molecule has 3 aromatic rings. The van der Waals surface area contributed by atoms with Crippen LogP contribution in [0, 0.1) is 20.8 Å². The van der Waals surface area contributed by atoms with E-state index in [2.05, 4.69) is 20.5 Å². The quantitative estimate of drug-likeness (QED) is 0.707. The summed E-state index contributed by atoms with van der Waals surface area (Å²) >= 11 is 1.32. The van der Waals surface area contributed by atoms with Gasteiger partial charge in [-0.2, -0.15) is 0 Å². The molecule has 0 aliphatic carbocycles. The first-order valence-electron chi connectivity index (χ1n) is 7.74. The number of hydrogen-bond acceptors (Lipinski definition) is 6. The van der Waals surface area contributed by atoms with E-state index in [1.807, 2.05) is 49.4 Å². The standard InChI is InChI=1S/C17H19N5O2S/c1-10-5-6-14(24-4)13(7-10)19-15(23)9-25-17-21-20-16-18-11(2)8-12(3)22(16)17/h5-8H,9H2,1-4H3,(H,19,23). The van der Waals surface area contributed by atoms with E-state index in [1.165, 1.54) is 11.8 Å². The molecule has 0 atom stereocenters. The summed E-state index contributed by atoms with van der Waals surface area (Å²) in [5.41, 5.74) is 3.57. The minimum atomic E-state index is -0.136. The molecule has 130 valence electrons. The lowest BCUT2D eigenvalue weighted by Crippen LogP contribution is -2.15. The molecule has 1 aromatic carbocycles. The highest BCUT2D eigenvalue weighted by atomic mass is 32.2. The summed E-state index contributed by atoms with van der Waals surface area (Å²) in [7, 11) is 1.58. The number of ether oxygens (including phenoxy) is 1. The van der Waals surface area contributed by atoms with Crippen LogP contribution in [-0.2, 0) is 4.79 Å². The molecule has 0 saturated heterocycles. The zero-order valence-electron chi connectivity index (χ0n) is 14.5. The Hall–Kier alpha value is -2.61. The van der Waals surface area contributed by atoms with Gasteiger partial charge in [-0.15, -0.1) is 10.2 Å². The molecule has 0 bridgehead atoms. The highest BCUT2D eigenvalue weighted by molar-refractivity contribution is 7.99.